The van der Waals surface area contributed by atoms with Crippen molar-refractivity contribution in [1.82, 2.24) is 4.98 Å². The summed E-state index contributed by atoms with van der Waals surface area (Å²) < 4.78 is 0. The topological polar surface area (TPSA) is 79.1 Å². The van der Waals surface area contributed by atoms with Crippen LogP contribution in [0.15, 0.2) is 18.2 Å². The van der Waals surface area contributed by atoms with Gasteiger partial charge in [0.15, 0.2) is 0 Å². The first-order valence-electron chi connectivity index (χ1n) is 4.20. The molecule has 4 heteroatoms. The number of benzene rings is 1. The number of aromatic carboxylic acids is 1. The summed E-state index contributed by atoms with van der Waals surface area (Å²) in [6.45, 7) is 1.92. The zero-order valence-corrected chi connectivity index (χ0v) is 7.66. The number of H-pyrrole nitrogens is 1. The molecule has 2 aromatic rings. The molecule has 0 bridgehead atoms. The SMILES string of the molecule is Cc1ccc(N)c2[nH]c(C(=O)O)cc12. The highest BCUT2D eigenvalue weighted by atomic mass is 16.4. The van der Waals surface area contributed by atoms with E-state index in [4.69, 9.17) is 10.8 Å². The number of carboxylic acids is 1. The Morgan fingerprint density at radius 1 is 1.50 bits per heavy atom. The molecule has 0 aliphatic carbocycles. The van der Waals surface area contributed by atoms with Gasteiger partial charge in [-0.25, -0.2) is 4.79 Å². The van der Waals surface area contributed by atoms with E-state index in [1.807, 2.05) is 13.0 Å². The van der Waals surface area contributed by atoms with Crippen LogP contribution in [0.25, 0.3) is 10.9 Å². The number of aromatic nitrogens is 1. The number of carboxylic acid groups (broad SMARTS) is 1. The molecule has 0 unspecified atom stereocenters. The Morgan fingerprint density at radius 3 is 2.79 bits per heavy atom. The maximum Gasteiger partial charge on any atom is 0.352 e. The van der Waals surface area contributed by atoms with Gasteiger partial charge in [0, 0.05) is 5.39 Å². The van der Waals surface area contributed by atoms with E-state index in [0.29, 0.717) is 11.2 Å². The first-order valence-corrected chi connectivity index (χ1v) is 4.20. The van der Waals surface area contributed by atoms with E-state index in [1.165, 1.54) is 0 Å². The van der Waals surface area contributed by atoms with E-state index >= 15 is 0 Å². The summed E-state index contributed by atoms with van der Waals surface area (Å²) >= 11 is 0. The molecule has 0 aliphatic rings. The van der Waals surface area contributed by atoms with E-state index < -0.39 is 5.97 Å². The summed E-state index contributed by atoms with van der Waals surface area (Å²) in [4.78, 5) is 13.5. The molecule has 1 heterocycles. The van der Waals surface area contributed by atoms with Gasteiger partial charge in [-0.3, -0.25) is 0 Å². The third-order valence-electron chi connectivity index (χ3n) is 2.27. The van der Waals surface area contributed by atoms with Crippen LogP contribution < -0.4 is 5.73 Å². The van der Waals surface area contributed by atoms with Gasteiger partial charge in [-0.15, -0.1) is 0 Å². The Bertz CT molecular complexity index is 475. The lowest BCUT2D eigenvalue weighted by Crippen LogP contribution is -1.95. The summed E-state index contributed by atoms with van der Waals surface area (Å²) in [5, 5.41) is 9.66. The molecular formula is C10H10N2O2. The largest absolute Gasteiger partial charge is 0.477 e. The quantitative estimate of drug-likeness (QED) is 0.599. The zero-order chi connectivity index (χ0) is 10.3. The minimum atomic E-state index is -0.972. The van der Waals surface area contributed by atoms with Crippen molar-refractivity contribution in [1.29, 1.82) is 0 Å². The highest BCUT2D eigenvalue weighted by Crippen LogP contribution is 2.24. The minimum Gasteiger partial charge on any atom is -0.477 e. The van der Waals surface area contributed by atoms with Gasteiger partial charge >= 0.3 is 5.97 Å². The van der Waals surface area contributed by atoms with Crippen molar-refractivity contribution < 1.29 is 9.90 Å². The smallest absolute Gasteiger partial charge is 0.352 e. The molecule has 0 aliphatic heterocycles. The van der Waals surface area contributed by atoms with E-state index in [1.54, 1.807) is 12.1 Å². The van der Waals surface area contributed by atoms with Gasteiger partial charge < -0.3 is 15.8 Å². The Labute approximate surface area is 80.3 Å². The van der Waals surface area contributed by atoms with Gasteiger partial charge in [0.25, 0.3) is 0 Å². The van der Waals surface area contributed by atoms with Gasteiger partial charge in [-0.2, -0.15) is 0 Å². The van der Waals surface area contributed by atoms with Crippen LogP contribution in [0, 0.1) is 6.92 Å². The fourth-order valence-electron chi connectivity index (χ4n) is 1.50. The van der Waals surface area contributed by atoms with Gasteiger partial charge in [0.05, 0.1) is 11.2 Å². The van der Waals surface area contributed by atoms with Crippen LogP contribution in [0.1, 0.15) is 16.1 Å². The Hall–Kier alpha value is -1.97. The van der Waals surface area contributed by atoms with Gasteiger partial charge in [-0.05, 0) is 24.6 Å². The van der Waals surface area contributed by atoms with Crippen LogP contribution in [-0.4, -0.2) is 16.1 Å². The van der Waals surface area contributed by atoms with E-state index in [-0.39, 0.29) is 5.69 Å². The van der Waals surface area contributed by atoms with Crippen molar-refractivity contribution in [3.05, 3.63) is 29.5 Å². The van der Waals surface area contributed by atoms with Crippen molar-refractivity contribution in [2.45, 2.75) is 6.92 Å². The van der Waals surface area contributed by atoms with Crippen LogP contribution in [0.4, 0.5) is 5.69 Å². The summed E-state index contributed by atoms with van der Waals surface area (Å²) in [6.07, 6.45) is 0. The third-order valence-corrected chi connectivity index (χ3v) is 2.27. The predicted octanol–water partition coefficient (Wildman–Crippen LogP) is 1.76. The number of hydrogen-bond acceptors (Lipinski definition) is 2. The maximum absolute atomic E-state index is 10.7. The monoisotopic (exact) mass is 190 g/mol. The molecule has 72 valence electrons. The maximum atomic E-state index is 10.7. The lowest BCUT2D eigenvalue weighted by atomic mass is 10.1. The van der Waals surface area contributed by atoms with Crippen LogP contribution >= 0.6 is 0 Å². The molecular weight excluding hydrogens is 180 g/mol. The van der Waals surface area contributed by atoms with E-state index in [2.05, 4.69) is 4.98 Å². The number of hydrogen-bond donors (Lipinski definition) is 3. The molecule has 0 saturated heterocycles. The summed E-state index contributed by atoms with van der Waals surface area (Å²) in [5.74, 6) is -0.972. The Morgan fingerprint density at radius 2 is 2.21 bits per heavy atom. The number of aryl methyl sites for hydroxylation is 1. The van der Waals surface area contributed by atoms with Crippen LogP contribution in [0.5, 0.6) is 0 Å². The molecule has 0 amide bonds. The predicted molar refractivity (Wildman–Crippen MR) is 54.4 cm³/mol. The second-order valence-electron chi connectivity index (χ2n) is 3.25. The van der Waals surface area contributed by atoms with Crippen molar-refractivity contribution in [2.24, 2.45) is 0 Å². The highest BCUT2D eigenvalue weighted by Gasteiger charge is 2.10. The number of carbonyl (C=O) groups is 1. The average molecular weight is 190 g/mol. The number of fused-ring (bicyclic) bond motifs is 1. The lowest BCUT2D eigenvalue weighted by Gasteiger charge is -1.98. The molecule has 1 aromatic heterocycles. The second kappa shape index (κ2) is 2.77. The van der Waals surface area contributed by atoms with E-state index in [9.17, 15) is 4.79 Å². The molecule has 4 nitrogen and oxygen atoms in total. The first-order chi connectivity index (χ1) is 6.59. The first kappa shape index (κ1) is 8.62. The van der Waals surface area contributed by atoms with Crippen molar-refractivity contribution >= 4 is 22.6 Å². The minimum absolute atomic E-state index is 0.168. The summed E-state index contributed by atoms with van der Waals surface area (Å²) in [7, 11) is 0. The molecule has 0 saturated carbocycles. The molecule has 14 heavy (non-hydrogen) atoms. The van der Waals surface area contributed by atoms with Crippen LogP contribution in [-0.2, 0) is 0 Å². The molecule has 0 radical (unpaired) electrons. The highest BCUT2D eigenvalue weighted by molar-refractivity contribution is 5.99. The number of nitrogens with one attached hydrogen (secondary N) is 1. The Balaban J connectivity index is 2.82. The molecule has 0 fully saturated rings. The molecule has 0 atom stereocenters. The van der Waals surface area contributed by atoms with Crippen LogP contribution in [0.3, 0.4) is 0 Å². The molecule has 0 spiro atoms. The number of aromatic amines is 1. The summed E-state index contributed by atoms with van der Waals surface area (Å²) in [5.41, 5.74) is 8.16. The van der Waals surface area contributed by atoms with Gasteiger partial charge in [0.2, 0.25) is 0 Å². The number of nitrogens with two attached hydrogens (primary N) is 1. The average Bonchev–Trinajstić information content (AvgIpc) is 2.57. The Kier molecular flexibility index (Phi) is 1.70. The van der Waals surface area contributed by atoms with Crippen molar-refractivity contribution in [3.8, 4) is 0 Å². The van der Waals surface area contributed by atoms with E-state index in [0.717, 1.165) is 10.9 Å². The molecule has 2 rings (SSSR count). The fraction of sp³-hybridized carbons (Fsp3) is 0.100. The molecule has 4 N–H and O–H groups in total. The zero-order valence-electron chi connectivity index (χ0n) is 7.66. The van der Waals surface area contributed by atoms with Crippen molar-refractivity contribution in [3.63, 3.8) is 0 Å². The normalized spacial score (nSPS) is 10.6. The second-order valence-corrected chi connectivity index (χ2v) is 3.25. The fourth-order valence-corrected chi connectivity index (χ4v) is 1.50. The van der Waals surface area contributed by atoms with Gasteiger partial charge in [0.1, 0.15) is 5.69 Å². The molecule has 1 aromatic carbocycles. The van der Waals surface area contributed by atoms with Crippen LogP contribution in [0.2, 0.25) is 0 Å². The standard InChI is InChI=1S/C10H10N2O2/c1-5-2-3-7(11)9-6(5)4-8(12-9)10(13)14/h2-4,12H,11H2,1H3,(H,13,14). The number of nitrogen functional groups attached to an aromatic ring is 1. The van der Waals surface area contributed by atoms with Gasteiger partial charge in [-0.1, -0.05) is 6.07 Å². The summed E-state index contributed by atoms with van der Waals surface area (Å²) in [6, 6.07) is 5.24. The number of anilines is 1. The van der Waals surface area contributed by atoms with Crippen molar-refractivity contribution in [2.75, 3.05) is 5.73 Å². The third kappa shape index (κ3) is 1.12. The lowest BCUT2D eigenvalue weighted by molar-refractivity contribution is 0.0691. The number of rotatable bonds is 1.